The van der Waals surface area contributed by atoms with E-state index >= 15 is 0 Å². The number of aliphatic hydroxyl groups excluding tert-OH is 1. The quantitative estimate of drug-likeness (QED) is 0.0449. The number of nitrogens with two attached hydrogens (primary N) is 4. The third-order valence-electron chi connectivity index (χ3n) is 8.71. The van der Waals surface area contributed by atoms with Crippen LogP contribution in [0.15, 0.2) is 22.5 Å². The highest BCUT2D eigenvalue weighted by Gasteiger charge is 2.34. The van der Waals surface area contributed by atoms with Crippen molar-refractivity contribution in [3.63, 3.8) is 0 Å². The Labute approximate surface area is 336 Å². The predicted octanol–water partition coefficient (Wildman–Crippen LogP) is -4.82. The predicted molar refractivity (Wildman–Crippen MR) is 213 cm³/mol. The number of hydrogen-bond acceptors (Lipinski definition) is 11. The number of aromatic nitrogens is 2. The van der Waals surface area contributed by atoms with Gasteiger partial charge in [0.05, 0.1) is 19.5 Å². The van der Waals surface area contributed by atoms with Gasteiger partial charge in [0.15, 0.2) is 11.9 Å². The molecule has 0 radical (unpaired) electrons. The molecule has 0 unspecified atom stereocenters. The van der Waals surface area contributed by atoms with E-state index in [1.165, 1.54) is 12.5 Å². The molecule has 6 atom stereocenters. The molecule has 1 aromatic heterocycles. The minimum atomic E-state index is -1.56. The van der Waals surface area contributed by atoms with Crippen LogP contribution in [0.25, 0.3) is 0 Å². The molecule has 0 saturated carbocycles. The number of H-pyrrole nitrogens is 1. The van der Waals surface area contributed by atoms with E-state index in [1.807, 2.05) is 27.7 Å². The van der Waals surface area contributed by atoms with E-state index in [0.717, 1.165) is 0 Å². The molecule has 324 valence electrons. The van der Waals surface area contributed by atoms with Gasteiger partial charge in [-0.2, -0.15) is 0 Å². The van der Waals surface area contributed by atoms with Crippen LogP contribution in [0.1, 0.15) is 71.9 Å². The van der Waals surface area contributed by atoms with Crippen molar-refractivity contribution in [2.45, 2.75) is 109 Å². The zero-order chi connectivity index (χ0) is 43.4. The smallest absolute Gasteiger partial charge is 0.245 e. The lowest BCUT2D eigenvalue weighted by molar-refractivity contribution is -0.135. The summed E-state index contributed by atoms with van der Waals surface area (Å²) < 4.78 is 0. The second-order valence-corrected chi connectivity index (χ2v) is 14.8. The first-order chi connectivity index (χ1) is 27.4. The average Bonchev–Trinajstić information content (AvgIpc) is 3.66. The number of carbonyl (C=O) groups is 7. The second kappa shape index (κ2) is 24.6. The van der Waals surface area contributed by atoms with Crippen molar-refractivity contribution in [3.8, 4) is 0 Å². The van der Waals surface area contributed by atoms with E-state index in [2.05, 4.69) is 57.2 Å². The molecule has 7 amide bonds. The van der Waals surface area contributed by atoms with Crippen molar-refractivity contribution in [2.75, 3.05) is 26.2 Å². The number of guanidine groups is 2. The number of imidazole rings is 1. The van der Waals surface area contributed by atoms with Crippen LogP contribution in [-0.4, -0.2) is 131 Å². The van der Waals surface area contributed by atoms with Gasteiger partial charge in [-0.05, 0) is 50.4 Å². The minimum absolute atomic E-state index is 0.000495. The Balaban J connectivity index is 2.65. The van der Waals surface area contributed by atoms with Gasteiger partial charge in [0.25, 0.3) is 0 Å². The Kier molecular flexibility index (Phi) is 20.4. The molecule has 1 aliphatic rings. The maximum absolute atomic E-state index is 14.1. The number of nitrogens with zero attached hydrogens (tertiary/aromatic N) is 3. The molecule has 1 fully saturated rings. The topological polar surface area (TPSA) is 381 Å². The molecule has 1 aliphatic heterocycles. The minimum Gasteiger partial charge on any atom is -0.394 e. The van der Waals surface area contributed by atoms with Crippen LogP contribution in [0.3, 0.4) is 0 Å². The van der Waals surface area contributed by atoms with Crippen LogP contribution in [0.5, 0.6) is 0 Å². The first kappa shape index (κ1) is 48.1. The molecule has 17 N–H and O–H groups in total. The lowest BCUT2D eigenvalue weighted by Gasteiger charge is -2.28. The van der Waals surface area contributed by atoms with Crippen molar-refractivity contribution in [1.82, 2.24) is 47.2 Å². The molecule has 2 heterocycles. The van der Waals surface area contributed by atoms with Gasteiger partial charge in [-0.15, -0.1) is 0 Å². The Morgan fingerprint density at radius 1 is 0.655 bits per heavy atom. The highest BCUT2D eigenvalue weighted by atomic mass is 16.3. The second-order valence-electron chi connectivity index (χ2n) is 14.8. The number of aliphatic hydroxyl groups is 1. The SMILES string of the molecule is CC(C)C[C@@H]1NC(=O)CNC(=O)[C@H](CO)NC(=O)[C@H](Cc2cnc[nH]2)NC(=O)[C@@H](CCCN=C(N)N)NC(=O)[C@H](CCCN=C(N)N)NC(=O)[C@H](CC(C)C)NC1=O. The van der Waals surface area contributed by atoms with Gasteiger partial charge in [-0.25, -0.2) is 4.98 Å². The molecular weight excluding hydrogens is 758 g/mol. The van der Waals surface area contributed by atoms with Gasteiger partial charge in [-0.1, -0.05) is 27.7 Å². The van der Waals surface area contributed by atoms with Crippen LogP contribution >= 0.6 is 0 Å². The highest BCUT2D eigenvalue weighted by Crippen LogP contribution is 2.11. The summed E-state index contributed by atoms with van der Waals surface area (Å²) in [6, 6.07) is -7.83. The summed E-state index contributed by atoms with van der Waals surface area (Å²) in [6.45, 7) is 5.99. The third kappa shape index (κ3) is 17.9. The van der Waals surface area contributed by atoms with E-state index in [9.17, 15) is 38.7 Å². The number of amides is 7. The molecule has 58 heavy (non-hydrogen) atoms. The van der Waals surface area contributed by atoms with Gasteiger partial charge in [0.1, 0.15) is 36.3 Å². The number of aromatic amines is 1. The molecule has 0 aromatic carbocycles. The average molecular weight is 820 g/mol. The van der Waals surface area contributed by atoms with Crippen LogP contribution < -0.4 is 60.2 Å². The van der Waals surface area contributed by atoms with Crippen LogP contribution in [0.4, 0.5) is 0 Å². The largest absolute Gasteiger partial charge is 0.394 e. The summed E-state index contributed by atoms with van der Waals surface area (Å²) >= 11 is 0. The zero-order valence-electron chi connectivity index (χ0n) is 33.5. The molecule has 23 heteroatoms. The van der Waals surface area contributed by atoms with Crippen molar-refractivity contribution < 1.29 is 38.7 Å². The summed E-state index contributed by atoms with van der Waals surface area (Å²) in [4.78, 5) is 110. The molecule has 1 saturated heterocycles. The van der Waals surface area contributed by atoms with Crippen LogP contribution in [0, 0.1) is 11.8 Å². The number of nitrogens with one attached hydrogen (secondary N) is 8. The van der Waals surface area contributed by atoms with E-state index in [1.54, 1.807) is 0 Å². The standard InChI is InChI=1S/C35H61N15O8/c1-18(2)11-23-31(56)48-24(12-19(3)4)32(57)47-21(7-5-9-41-34(36)37)29(54)46-22(8-6-10-42-35(38)39)30(55)49-25(13-20-14-40-17-44-20)33(58)50-26(16-51)28(53)43-15-27(52)45-23/h14,17-19,21-26,51H,5-13,15-16H2,1-4H3,(H,40,44)(H,43,53)(H,45,52)(H,46,54)(H,47,57)(H,48,56)(H,49,55)(H,50,58)(H4,36,37,41)(H4,38,39,42)/t21-,22+,23-,24-,25-,26-/m0/s1. The number of hydrogen-bond donors (Lipinski definition) is 13. The maximum atomic E-state index is 14.1. The summed E-state index contributed by atoms with van der Waals surface area (Å²) in [5.41, 5.74) is 22.3. The Hall–Kier alpha value is -6.00. The zero-order valence-corrected chi connectivity index (χ0v) is 33.5. The lowest BCUT2D eigenvalue weighted by Crippen LogP contribution is -2.60. The fraction of sp³-hybridized carbons (Fsp3) is 0.657. The van der Waals surface area contributed by atoms with E-state index < -0.39 is 90.8 Å². The summed E-state index contributed by atoms with van der Waals surface area (Å²) in [5, 5.41) is 28.1. The number of carbonyl (C=O) groups excluding carboxylic acids is 7. The monoisotopic (exact) mass is 819 g/mol. The Morgan fingerprint density at radius 3 is 1.53 bits per heavy atom. The van der Waals surface area contributed by atoms with E-state index in [4.69, 9.17) is 22.9 Å². The molecule has 0 aliphatic carbocycles. The number of aliphatic imine (C=N–C) groups is 2. The molecule has 2 rings (SSSR count). The molecule has 0 spiro atoms. The fourth-order valence-electron chi connectivity index (χ4n) is 5.87. The van der Waals surface area contributed by atoms with Gasteiger partial charge in [-0.3, -0.25) is 43.5 Å². The van der Waals surface area contributed by atoms with Crippen molar-refractivity contribution in [3.05, 3.63) is 18.2 Å². The normalized spacial score (nSPS) is 23.3. The van der Waals surface area contributed by atoms with E-state index in [-0.39, 0.29) is 81.8 Å². The molecule has 0 bridgehead atoms. The Bertz CT molecular complexity index is 1590. The number of rotatable bonds is 15. The van der Waals surface area contributed by atoms with Gasteiger partial charge < -0.3 is 70.2 Å². The van der Waals surface area contributed by atoms with E-state index in [0.29, 0.717) is 5.69 Å². The molecular formula is C35H61N15O8. The van der Waals surface area contributed by atoms with Gasteiger partial charge >= 0.3 is 0 Å². The van der Waals surface area contributed by atoms with Crippen molar-refractivity contribution >= 4 is 53.3 Å². The first-order valence-corrected chi connectivity index (χ1v) is 19.2. The summed E-state index contributed by atoms with van der Waals surface area (Å²) in [7, 11) is 0. The first-order valence-electron chi connectivity index (χ1n) is 19.2. The molecule has 1 aromatic rings. The van der Waals surface area contributed by atoms with Crippen molar-refractivity contribution in [2.24, 2.45) is 44.8 Å². The third-order valence-corrected chi connectivity index (χ3v) is 8.71. The summed E-state index contributed by atoms with van der Waals surface area (Å²) in [5.74, 6) is -6.17. The lowest BCUT2D eigenvalue weighted by atomic mass is 9.99. The highest BCUT2D eigenvalue weighted by molar-refractivity contribution is 5.98. The van der Waals surface area contributed by atoms with Crippen LogP contribution in [0.2, 0.25) is 0 Å². The van der Waals surface area contributed by atoms with Crippen LogP contribution in [-0.2, 0) is 40.0 Å². The molecule has 23 nitrogen and oxygen atoms in total. The fourth-order valence-corrected chi connectivity index (χ4v) is 5.87. The Morgan fingerprint density at radius 2 is 1.09 bits per heavy atom. The van der Waals surface area contributed by atoms with Crippen molar-refractivity contribution in [1.29, 1.82) is 0 Å². The van der Waals surface area contributed by atoms with Gasteiger partial charge in [0, 0.05) is 31.4 Å². The maximum Gasteiger partial charge on any atom is 0.245 e. The van der Waals surface area contributed by atoms with Gasteiger partial charge in [0.2, 0.25) is 41.4 Å². The summed E-state index contributed by atoms with van der Waals surface area (Å²) in [6.07, 6.45) is 3.29.